The number of esters is 1. The molecule has 1 aromatic carbocycles. The highest BCUT2D eigenvalue weighted by atomic mass is 16.5. The van der Waals surface area contributed by atoms with E-state index in [1.807, 2.05) is 6.92 Å². The van der Waals surface area contributed by atoms with Gasteiger partial charge >= 0.3 is 5.97 Å². The molecular weight excluding hydrogens is 350 g/mol. The lowest BCUT2D eigenvalue weighted by Gasteiger charge is -2.27. The summed E-state index contributed by atoms with van der Waals surface area (Å²) in [5, 5.41) is 6.60. The molecular formula is C19H21N3O5. The first-order chi connectivity index (χ1) is 12.9. The Balaban J connectivity index is 1.78. The zero-order chi connectivity index (χ0) is 19.6. The molecule has 3 rings (SSSR count). The standard InChI is InChI=1S/C19H21N3O5/c1-4-13-18(12(3)27-21-13)19(25)26-10-17(24)22-11(2)9-16(23)20-14-7-5-6-8-15(14)22/h5-8,11H,4,9-10H2,1-3H3,(H,20,23). The van der Waals surface area contributed by atoms with Gasteiger partial charge in [0.2, 0.25) is 5.91 Å². The summed E-state index contributed by atoms with van der Waals surface area (Å²) < 4.78 is 10.3. The lowest BCUT2D eigenvalue weighted by Crippen LogP contribution is -2.41. The number of amides is 2. The van der Waals surface area contributed by atoms with Crippen molar-refractivity contribution < 1.29 is 23.6 Å². The fourth-order valence-electron chi connectivity index (χ4n) is 3.16. The van der Waals surface area contributed by atoms with Gasteiger partial charge in [-0.2, -0.15) is 0 Å². The molecule has 8 heteroatoms. The lowest BCUT2D eigenvalue weighted by atomic mass is 10.1. The normalized spacial score (nSPS) is 16.3. The van der Waals surface area contributed by atoms with Crippen LogP contribution in [0.4, 0.5) is 11.4 Å². The average Bonchev–Trinajstić information content (AvgIpc) is 2.95. The van der Waals surface area contributed by atoms with Crippen molar-refractivity contribution in [3.8, 4) is 0 Å². The predicted molar refractivity (Wildman–Crippen MR) is 97.5 cm³/mol. The molecule has 1 aromatic heterocycles. The molecule has 0 spiro atoms. The number of nitrogens with one attached hydrogen (secondary N) is 1. The molecule has 0 fully saturated rings. The molecule has 1 aliphatic rings. The predicted octanol–water partition coefficient (Wildman–Crippen LogP) is 2.47. The number of fused-ring (bicyclic) bond motifs is 1. The summed E-state index contributed by atoms with van der Waals surface area (Å²) in [5.74, 6) is -0.877. The molecule has 1 N–H and O–H groups in total. The van der Waals surface area contributed by atoms with Gasteiger partial charge in [0.1, 0.15) is 11.3 Å². The Morgan fingerprint density at radius 2 is 2.11 bits per heavy atom. The maximum Gasteiger partial charge on any atom is 0.344 e. The van der Waals surface area contributed by atoms with E-state index < -0.39 is 18.5 Å². The van der Waals surface area contributed by atoms with Gasteiger partial charge in [-0.15, -0.1) is 0 Å². The third-order valence-electron chi connectivity index (χ3n) is 4.43. The lowest BCUT2D eigenvalue weighted by molar-refractivity contribution is -0.122. The number of para-hydroxylation sites is 2. The third kappa shape index (κ3) is 3.69. The highest BCUT2D eigenvalue weighted by Crippen LogP contribution is 2.31. The molecule has 0 saturated heterocycles. The van der Waals surface area contributed by atoms with Crippen LogP contribution in [0.15, 0.2) is 28.8 Å². The Kier molecular flexibility index (Phi) is 5.25. The van der Waals surface area contributed by atoms with Crippen LogP contribution in [0.3, 0.4) is 0 Å². The van der Waals surface area contributed by atoms with Crippen LogP contribution < -0.4 is 10.2 Å². The van der Waals surface area contributed by atoms with Gasteiger partial charge in [-0.1, -0.05) is 24.2 Å². The average molecular weight is 371 g/mol. The van der Waals surface area contributed by atoms with E-state index in [0.29, 0.717) is 29.2 Å². The maximum absolute atomic E-state index is 12.8. The van der Waals surface area contributed by atoms with E-state index in [1.165, 1.54) is 4.90 Å². The van der Waals surface area contributed by atoms with Crippen molar-refractivity contribution in [2.75, 3.05) is 16.8 Å². The van der Waals surface area contributed by atoms with E-state index in [0.717, 1.165) is 0 Å². The number of carbonyl (C=O) groups excluding carboxylic acids is 3. The van der Waals surface area contributed by atoms with Crippen LogP contribution in [0.25, 0.3) is 0 Å². The molecule has 142 valence electrons. The van der Waals surface area contributed by atoms with Crippen LogP contribution in [0, 0.1) is 6.92 Å². The Labute approximate surface area is 156 Å². The summed E-state index contributed by atoms with van der Waals surface area (Å²) in [7, 11) is 0. The van der Waals surface area contributed by atoms with Crippen molar-refractivity contribution >= 4 is 29.2 Å². The van der Waals surface area contributed by atoms with Crippen LogP contribution in [-0.4, -0.2) is 35.6 Å². The van der Waals surface area contributed by atoms with E-state index in [-0.39, 0.29) is 23.9 Å². The van der Waals surface area contributed by atoms with E-state index in [2.05, 4.69) is 10.5 Å². The Hall–Kier alpha value is -3.16. The second-order valence-corrected chi connectivity index (χ2v) is 6.37. The number of benzene rings is 1. The summed E-state index contributed by atoms with van der Waals surface area (Å²) in [4.78, 5) is 38.7. The molecule has 0 radical (unpaired) electrons. The van der Waals surface area contributed by atoms with E-state index >= 15 is 0 Å². The van der Waals surface area contributed by atoms with Gasteiger partial charge in [0.25, 0.3) is 5.91 Å². The van der Waals surface area contributed by atoms with Crippen LogP contribution in [0.1, 0.15) is 42.1 Å². The zero-order valence-corrected chi connectivity index (χ0v) is 15.4. The molecule has 0 saturated carbocycles. The summed E-state index contributed by atoms with van der Waals surface area (Å²) >= 11 is 0. The van der Waals surface area contributed by atoms with E-state index in [9.17, 15) is 14.4 Å². The fraction of sp³-hybridized carbons (Fsp3) is 0.368. The van der Waals surface area contributed by atoms with Crippen LogP contribution in [0.2, 0.25) is 0 Å². The largest absolute Gasteiger partial charge is 0.452 e. The first-order valence-electron chi connectivity index (χ1n) is 8.75. The molecule has 2 amide bonds. The van der Waals surface area contributed by atoms with Crippen molar-refractivity contribution in [1.29, 1.82) is 0 Å². The summed E-state index contributed by atoms with van der Waals surface area (Å²) in [6.45, 7) is 4.80. The molecule has 27 heavy (non-hydrogen) atoms. The number of hydrogen-bond acceptors (Lipinski definition) is 6. The Morgan fingerprint density at radius 1 is 1.37 bits per heavy atom. The van der Waals surface area contributed by atoms with Gasteiger partial charge in [-0.3, -0.25) is 9.59 Å². The quantitative estimate of drug-likeness (QED) is 0.829. The van der Waals surface area contributed by atoms with Gasteiger partial charge in [-0.05, 0) is 32.4 Å². The smallest absolute Gasteiger partial charge is 0.344 e. The summed E-state index contributed by atoms with van der Waals surface area (Å²) in [6, 6.07) is 6.66. The second-order valence-electron chi connectivity index (χ2n) is 6.37. The number of nitrogens with zero attached hydrogens (tertiary/aromatic N) is 2. The Morgan fingerprint density at radius 3 is 2.85 bits per heavy atom. The number of aryl methyl sites for hydroxylation is 2. The van der Waals surface area contributed by atoms with Crippen LogP contribution in [0.5, 0.6) is 0 Å². The highest BCUT2D eigenvalue weighted by molar-refractivity contribution is 6.05. The molecule has 2 heterocycles. The number of rotatable bonds is 4. The fourth-order valence-corrected chi connectivity index (χ4v) is 3.16. The van der Waals surface area contributed by atoms with Gasteiger partial charge in [0.15, 0.2) is 6.61 Å². The topological polar surface area (TPSA) is 102 Å². The number of aromatic nitrogens is 1. The Bertz CT molecular complexity index is 889. The molecule has 1 aliphatic heterocycles. The number of carbonyl (C=O) groups is 3. The first-order valence-corrected chi connectivity index (χ1v) is 8.75. The van der Waals surface area contributed by atoms with Crippen molar-refractivity contribution in [2.45, 2.75) is 39.7 Å². The molecule has 1 unspecified atom stereocenters. The monoisotopic (exact) mass is 371 g/mol. The molecule has 1 atom stereocenters. The van der Waals surface area contributed by atoms with Crippen molar-refractivity contribution in [3.63, 3.8) is 0 Å². The van der Waals surface area contributed by atoms with Crippen molar-refractivity contribution in [3.05, 3.63) is 41.3 Å². The maximum atomic E-state index is 12.8. The summed E-state index contributed by atoms with van der Waals surface area (Å²) in [6.07, 6.45) is 0.666. The van der Waals surface area contributed by atoms with Gasteiger partial charge in [0.05, 0.1) is 17.1 Å². The van der Waals surface area contributed by atoms with Gasteiger partial charge < -0.3 is 19.5 Å². The van der Waals surface area contributed by atoms with Crippen molar-refractivity contribution in [2.24, 2.45) is 0 Å². The number of hydrogen-bond donors (Lipinski definition) is 1. The van der Waals surface area contributed by atoms with Gasteiger partial charge in [-0.25, -0.2) is 4.79 Å². The van der Waals surface area contributed by atoms with E-state index in [1.54, 1.807) is 38.1 Å². The first kappa shape index (κ1) is 18.6. The minimum atomic E-state index is -0.649. The van der Waals surface area contributed by atoms with Gasteiger partial charge in [0, 0.05) is 12.5 Å². The minimum absolute atomic E-state index is 0.152. The van der Waals surface area contributed by atoms with Crippen LogP contribution in [-0.2, 0) is 20.7 Å². The second kappa shape index (κ2) is 7.61. The van der Waals surface area contributed by atoms with Crippen molar-refractivity contribution in [1.82, 2.24) is 5.16 Å². The van der Waals surface area contributed by atoms with Crippen LogP contribution >= 0.6 is 0 Å². The molecule has 0 aliphatic carbocycles. The molecule has 0 bridgehead atoms. The molecule has 2 aromatic rings. The van der Waals surface area contributed by atoms with E-state index in [4.69, 9.17) is 9.26 Å². The third-order valence-corrected chi connectivity index (χ3v) is 4.43. The number of anilines is 2. The molecule has 8 nitrogen and oxygen atoms in total. The highest BCUT2D eigenvalue weighted by Gasteiger charge is 2.30. The SMILES string of the molecule is CCc1noc(C)c1C(=O)OCC(=O)N1c2ccccc2NC(=O)CC1C. The minimum Gasteiger partial charge on any atom is -0.452 e. The zero-order valence-electron chi connectivity index (χ0n) is 15.4. The summed E-state index contributed by atoms with van der Waals surface area (Å²) in [5.41, 5.74) is 1.88. The number of ether oxygens (including phenoxy) is 1.